The van der Waals surface area contributed by atoms with Crippen LogP contribution in [0, 0.1) is 11.6 Å². The van der Waals surface area contributed by atoms with Crippen LogP contribution >= 0.6 is 0 Å². The lowest BCUT2D eigenvalue weighted by Gasteiger charge is -2.27. The van der Waals surface area contributed by atoms with Crippen molar-refractivity contribution in [2.45, 2.75) is 49.5 Å². The number of carbonyl (C=O) groups excluding carboxylic acids is 2. The van der Waals surface area contributed by atoms with E-state index in [1.54, 1.807) is 0 Å². The first-order chi connectivity index (χ1) is 15.8. The van der Waals surface area contributed by atoms with Crippen molar-refractivity contribution >= 4 is 27.5 Å². The van der Waals surface area contributed by atoms with Gasteiger partial charge >= 0.3 is 0 Å². The number of sulfonamides is 1. The third kappa shape index (κ3) is 4.89. The van der Waals surface area contributed by atoms with Gasteiger partial charge in [-0.2, -0.15) is 4.31 Å². The zero-order valence-corrected chi connectivity index (χ0v) is 18.7. The van der Waals surface area contributed by atoms with Crippen LogP contribution in [-0.2, 0) is 19.6 Å². The van der Waals surface area contributed by atoms with Crippen molar-refractivity contribution in [3.63, 3.8) is 0 Å². The number of benzene rings is 2. The molecule has 2 aromatic carbocycles. The van der Waals surface area contributed by atoms with Gasteiger partial charge in [-0.1, -0.05) is 11.6 Å². The number of anilines is 1. The zero-order valence-electron chi connectivity index (χ0n) is 17.9. The fraction of sp³-hybridized carbons (Fsp3) is 0.333. The maximum Gasteiger partial charge on any atom is 0.252 e. The van der Waals surface area contributed by atoms with Crippen molar-refractivity contribution in [3.05, 3.63) is 71.8 Å². The summed E-state index contributed by atoms with van der Waals surface area (Å²) in [6.45, 7) is 0.0203. The van der Waals surface area contributed by atoms with Gasteiger partial charge in [-0.05, 0) is 80.6 Å². The molecule has 1 aliphatic heterocycles. The summed E-state index contributed by atoms with van der Waals surface area (Å²) in [5.41, 5.74) is 1.30. The summed E-state index contributed by atoms with van der Waals surface area (Å²) in [6.07, 6.45) is 6.12. The molecule has 1 fully saturated rings. The summed E-state index contributed by atoms with van der Waals surface area (Å²) in [5.74, 6) is -2.35. The van der Waals surface area contributed by atoms with E-state index < -0.39 is 39.5 Å². The van der Waals surface area contributed by atoms with Crippen molar-refractivity contribution in [1.29, 1.82) is 0 Å². The Labute approximate surface area is 191 Å². The Kier molecular flexibility index (Phi) is 6.71. The Morgan fingerprint density at radius 3 is 2.18 bits per heavy atom. The smallest absolute Gasteiger partial charge is 0.252 e. The highest BCUT2D eigenvalue weighted by Crippen LogP contribution is 2.31. The Balaban J connectivity index is 1.67. The minimum Gasteiger partial charge on any atom is -0.274 e. The van der Waals surface area contributed by atoms with Gasteiger partial charge in [0.05, 0.1) is 17.0 Å². The van der Waals surface area contributed by atoms with Crippen LogP contribution in [0.25, 0.3) is 0 Å². The van der Waals surface area contributed by atoms with Gasteiger partial charge in [-0.15, -0.1) is 0 Å². The minimum atomic E-state index is -4.19. The molecule has 0 aromatic heterocycles. The Morgan fingerprint density at radius 1 is 0.939 bits per heavy atom. The maximum absolute atomic E-state index is 13.5. The average Bonchev–Trinajstić information content (AvgIpc) is 3.09. The number of halogens is 2. The lowest BCUT2D eigenvalue weighted by atomic mass is 9.97. The molecule has 1 saturated heterocycles. The molecule has 2 aliphatic rings. The normalized spacial score (nSPS) is 19.3. The number of amides is 2. The second-order valence-electron chi connectivity index (χ2n) is 8.19. The monoisotopic (exact) mass is 474 g/mol. The van der Waals surface area contributed by atoms with Crippen LogP contribution in [-0.4, -0.2) is 37.1 Å². The molecule has 6 nitrogen and oxygen atoms in total. The van der Waals surface area contributed by atoms with Crippen LogP contribution in [0.5, 0.6) is 0 Å². The van der Waals surface area contributed by atoms with E-state index in [0.29, 0.717) is 6.42 Å². The molecule has 33 heavy (non-hydrogen) atoms. The summed E-state index contributed by atoms with van der Waals surface area (Å²) in [6, 6.07) is 8.02. The van der Waals surface area contributed by atoms with Gasteiger partial charge in [-0.25, -0.2) is 22.1 Å². The third-order valence-corrected chi connectivity index (χ3v) is 7.94. The molecule has 2 amide bonds. The number of hydrogen-bond donors (Lipinski definition) is 0. The first-order valence-electron chi connectivity index (χ1n) is 10.8. The quantitative estimate of drug-likeness (QED) is 0.446. The molecule has 2 aromatic rings. The summed E-state index contributed by atoms with van der Waals surface area (Å²) in [7, 11) is -4.19. The lowest BCUT2D eigenvalue weighted by molar-refractivity contribution is -0.122. The summed E-state index contributed by atoms with van der Waals surface area (Å²) in [5, 5.41) is 0. The zero-order chi connectivity index (χ0) is 23.6. The predicted octanol–water partition coefficient (Wildman–Crippen LogP) is 4.18. The largest absolute Gasteiger partial charge is 0.274 e. The summed E-state index contributed by atoms with van der Waals surface area (Å²) < 4.78 is 54.8. The fourth-order valence-corrected chi connectivity index (χ4v) is 5.86. The molecule has 1 aliphatic carbocycles. The van der Waals surface area contributed by atoms with E-state index in [-0.39, 0.29) is 23.5 Å². The van der Waals surface area contributed by atoms with Gasteiger partial charge in [0.2, 0.25) is 15.9 Å². The molecule has 0 N–H and O–H groups in total. The van der Waals surface area contributed by atoms with Crippen molar-refractivity contribution in [1.82, 2.24) is 4.31 Å². The first kappa shape index (κ1) is 23.3. The van der Waals surface area contributed by atoms with Crippen LogP contribution < -0.4 is 4.90 Å². The molecule has 0 radical (unpaired) electrons. The number of hydrogen-bond acceptors (Lipinski definition) is 4. The first-order valence-corrected chi connectivity index (χ1v) is 12.3. The van der Waals surface area contributed by atoms with E-state index in [4.69, 9.17) is 0 Å². The molecular formula is C24H24F2N2O4S. The SMILES string of the molecule is O=C1CC(N(CCC2=CCCCC2)S(=O)(=O)c2ccc(F)cc2)C(=O)N1c1ccc(F)cc1. The van der Waals surface area contributed by atoms with Gasteiger partial charge in [0.15, 0.2) is 0 Å². The number of rotatable bonds is 7. The minimum absolute atomic E-state index is 0.0203. The van der Waals surface area contributed by atoms with Crippen LogP contribution in [0.4, 0.5) is 14.5 Å². The molecule has 0 saturated carbocycles. The highest BCUT2D eigenvalue weighted by atomic mass is 32.2. The van der Waals surface area contributed by atoms with Crippen molar-refractivity contribution < 1.29 is 26.8 Å². The van der Waals surface area contributed by atoms with E-state index in [1.807, 2.05) is 0 Å². The molecule has 174 valence electrons. The highest BCUT2D eigenvalue weighted by Gasteiger charge is 2.46. The van der Waals surface area contributed by atoms with E-state index in [1.165, 1.54) is 12.1 Å². The Morgan fingerprint density at radius 2 is 1.58 bits per heavy atom. The number of nitrogens with zero attached hydrogens (tertiary/aromatic N) is 2. The molecular weight excluding hydrogens is 450 g/mol. The molecule has 0 bridgehead atoms. The van der Waals surface area contributed by atoms with Gasteiger partial charge < -0.3 is 0 Å². The van der Waals surface area contributed by atoms with E-state index >= 15 is 0 Å². The van der Waals surface area contributed by atoms with Crippen molar-refractivity contribution in [2.24, 2.45) is 0 Å². The standard InChI is InChI=1S/C24H24F2N2O4S/c25-18-6-10-20(11-7-18)28-23(29)16-22(24(28)30)27(15-14-17-4-2-1-3-5-17)33(31,32)21-12-8-19(26)9-13-21/h4,6-13,22H,1-3,5,14-16H2. The van der Waals surface area contributed by atoms with Crippen LogP contribution in [0.1, 0.15) is 38.5 Å². The van der Waals surface area contributed by atoms with Crippen LogP contribution in [0.15, 0.2) is 65.1 Å². The molecule has 0 spiro atoms. The summed E-state index contributed by atoms with van der Waals surface area (Å²) >= 11 is 0. The summed E-state index contributed by atoms with van der Waals surface area (Å²) in [4.78, 5) is 26.7. The Bertz CT molecular complexity index is 1180. The molecule has 1 unspecified atom stereocenters. The lowest BCUT2D eigenvalue weighted by Crippen LogP contribution is -2.46. The second kappa shape index (κ2) is 9.52. The molecule has 1 heterocycles. The number of allylic oxidation sites excluding steroid dienone is 1. The topological polar surface area (TPSA) is 74.8 Å². The molecule has 4 rings (SSSR count). The van der Waals surface area contributed by atoms with Crippen molar-refractivity contribution in [3.8, 4) is 0 Å². The van der Waals surface area contributed by atoms with Gasteiger partial charge in [0, 0.05) is 6.54 Å². The number of imide groups is 1. The average molecular weight is 475 g/mol. The van der Waals surface area contributed by atoms with E-state index in [0.717, 1.165) is 76.9 Å². The molecule has 9 heteroatoms. The van der Waals surface area contributed by atoms with Gasteiger partial charge in [0.25, 0.3) is 5.91 Å². The van der Waals surface area contributed by atoms with Gasteiger partial charge in [0.1, 0.15) is 17.7 Å². The van der Waals surface area contributed by atoms with E-state index in [9.17, 15) is 26.8 Å². The van der Waals surface area contributed by atoms with Gasteiger partial charge in [-0.3, -0.25) is 9.59 Å². The Hall–Kier alpha value is -2.91. The van der Waals surface area contributed by atoms with Crippen LogP contribution in [0.3, 0.4) is 0 Å². The number of carbonyl (C=O) groups is 2. The van der Waals surface area contributed by atoms with E-state index in [2.05, 4.69) is 6.08 Å². The maximum atomic E-state index is 13.5. The highest BCUT2D eigenvalue weighted by molar-refractivity contribution is 7.89. The predicted molar refractivity (Wildman–Crippen MR) is 119 cm³/mol. The van der Waals surface area contributed by atoms with Crippen LogP contribution in [0.2, 0.25) is 0 Å². The second-order valence-corrected chi connectivity index (χ2v) is 10.1. The van der Waals surface area contributed by atoms with Crippen molar-refractivity contribution in [2.75, 3.05) is 11.4 Å². The molecule has 1 atom stereocenters. The third-order valence-electron chi connectivity index (χ3n) is 6.01. The fourth-order valence-electron chi connectivity index (χ4n) is 4.27.